The van der Waals surface area contributed by atoms with Crippen LogP contribution in [0.25, 0.3) is 0 Å². The van der Waals surface area contributed by atoms with Crippen LogP contribution >= 0.6 is 0 Å². The van der Waals surface area contributed by atoms with Gasteiger partial charge in [0.1, 0.15) is 0 Å². The number of hydrogen-bond acceptors (Lipinski definition) is 3. The summed E-state index contributed by atoms with van der Waals surface area (Å²) in [5.74, 6) is 0. The predicted octanol–water partition coefficient (Wildman–Crippen LogP) is 0.783. The Hall–Kier alpha value is -0.120. The molecule has 2 unspecified atom stereocenters. The number of rotatable bonds is 3. The summed E-state index contributed by atoms with van der Waals surface area (Å²) in [6, 6.07) is 0.982. The maximum absolute atomic E-state index is 9.35. The normalized spacial score (nSPS) is 31.7. The molecule has 1 rings (SSSR count). The number of likely N-dealkylation sites (N-methyl/N-ethyl adjacent to an activating group) is 1. The molecule has 3 heteroatoms. The molecule has 0 amide bonds. The van der Waals surface area contributed by atoms with Gasteiger partial charge in [0.05, 0.1) is 6.61 Å². The summed E-state index contributed by atoms with van der Waals surface area (Å²) in [6.07, 6.45) is 2.39. The van der Waals surface area contributed by atoms with E-state index in [1.807, 2.05) is 0 Å². The van der Waals surface area contributed by atoms with Gasteiger partial charge in [-0.05, 0) is 33.4 Å². The van der Waals surface area contributed by atoms with Crippen molar-refractivity contribution < 1.29 is 5.11 Å². The number of aliphatic hydroxyl groups is 1. The topological polar surface area (TPSA) is 26.7 Å². The second-order valence-corrected chi connectivity index (χ2v) is 4.45. The van der Waals surface area contributed by atoms with E-state index in [0.29, 0.717) is 12.1 Å². The molecule has 3 nitrogen and oxygen atoms in total. The molecule has 0 bridgehead atoms. The van der Waals surface area contributed by atoms with Crippen LogP contribution in [0.1, 0.15) is 26.7 Å². The SMILES string of the molecule is CCCN1CCC(C)N(C)CC1CO. The summed E-state index contributed by atoms with van der Waals surface area (Å²) in [7, 11) is 2.16. The first-order valence-electron chi connectivity index (χ1n) is 5.74. The van der Waals surface area contributed by atoms with Crippen molar-refractivity contribution in [2.45, 2.75) is 38.8 Å². The van der Waals surface area contributed by atoms with Crippen molar-refractivity contribution in [3.63, 3.8) is 0 Å². The van der Waals surface area contributed by atoms with E-state index in [1.54, 1.807) is 0 Å². The molecule has 1 aliphatic rings. The van der Waals surface area contributed by atoms with Crippen molar-refractivity contribution in [3.8, 4) is 0 Å². The number of hydrogen-bond donors (Lipinski definition) is 1. The fourth-order valence-corrected chi connectivity index (χ4v) is 2.14. The minimum atomic E-state index is 0.289. The van der Waals surface area contributed by atoms with Gasteiger partial charge in [0.2, 0.25) is 0 Å². The van der Waals surface area contributed by atoms with Gasteiger partial charge in [-0.15, -0.1) is 0 Å². The fraction of sp³-hybridized carbons (Fsp3) is 1.00. The van der Waals surface area contributed by atoms with Crippen LogP contribution in [-0.2, 0) is 0 Å². The Morgan fingerprint density at radius 3 is 2.71 bits per heavy atom. The summed E-state index contributed by atoms with van der Waals surface area (Å²) < 4.78 is 0. The zero-order valence-electron chi connectivity index (χ0n) is 9.74. The molecule has 1 saturated heterocycles. The highest BCUT2D eigenvalue weighted by molar-refractivity contribution is 4.81. The van der Waals surface area contributed by atoms with Gasteiger partial charge in [0.15, 0.2) is 0 Å². The lowest BCUT2D eigenvalue weighted by Gasteiger charge is -2.29. The van der Waals surface area contributed by atoms with Crippen molar-refractivity contribution in [1.29, 1.82) is 0 Å². The molecular formula is C11H24N2O. The molecule has 0 aromatic carbocycles. The van der Waals surface area contributed by atoms with Crippen LogP contribution in [0.15, 0.2) is 0 Å². The van der Waals surface area contributed by atoms with Crippen LogP contribution in [0.5, 0.6) is 0 Å². The maximum Gasteiger partial charge on any atom is 0.0599 e. The number of aliphatic hydroxyl groups excluding tert-OH is 1. The number of nitrogens with zero attached hydrogens (tertiary/aromatic N) is 2. The third-order valence-electron chi connectivity index (χ3n) is 3.32. The third kappa shape index (κ3) is 2.94. The summed E-state index contributed by atoms with van der Waals surface area (Å²) in [5.41, 5.74) is 0. The van der Waals surface area contributed by atoms with E-state index in [0.717, 1.165) is 19.6 Å². The monoisotopic (exact) mass is 200 g/mol. The minimum absolute atomic E-state index is 0.289. The van der Waals surface area contributed by atoms with Crippen LogP contribution < -0.4 is 0 Å². The molecule has 2 atom stereocenters. The highest BCUT2D eigenvalue weighted by Gasteiger charge is 2.25. The fourth-order valence-electron chi connectivity index (χ4n) is 2.14. The van der Waals surface area contributed by atoms with E-state index in [-0.39, 0.29) is 6.61 Å². The lowest BCUT2D eigenvalue weighted by molar-refractivity contribution is 0.114. The van der Waals surface area contributed by atoms with Gasteiger partial charge < -0.3 is 10.0 Å². The van der Waals surface area contributed by atoms with Gasteiger partial charge in [0.25, 0.3) is 0 Å². The molecule has 14 heavy (non-hydrogen) atoms. The van der Waals surface area contributed by atoms with E-state index < -0.39 is 0 Å². The maximum atomic E-state index is 9.35. The molecule has 0 aromatic heterocycles. The van der Waals surface area contributed by atoms with Crippen LogP contribution in [0.4, 0.5) is 0 Å². The van der Waals surface area contributed by atoms with Gasteiger partial charge in [0, 0.05) is 25.2 Å². The molecule has 84 valence electrons. The molecule has 1 fully saturated rings. The first-order valence-corrected chi connectivity index (χ1v) is 5.74. The first-order chi connectivity index (χ1) is 6.69. The van der Waals surface area contributed by atoms with Gasteiger partial charge in [-0.1, -0.05) is 6.92 Å². The van der Waals surface area contributed by atoms with E-state index in [1.165, 1.54) is 12.8 Å². The van der Waals surface area contributed by atoms with Crippen LogP contribution in [0.2, 0.25) is 0 Å². The molecule has 1 N–H and O–H groups in total. The minimum Gasteiger partial charge on any atom is -0.395 e. The predicted molar refractivity (Wildman–Crippen MR) is 59.4 cm³/mol. The Morgan fingerprint density at radius 1 is 1.43 bits per heavy atom. The van der Waals surface area contributed by atoms with E-state index in [4.69, 9.17) is 0 Å². The Balaban J connectivity index is 2.57. The summed E-state index contributed by atoms with van der Waals surface area (Å²) in [6.45, 7) is 8.00. The molecule has 1 aliphatic heterocycles. The molecule has 0 aromatic rings. The first kappa shape index (κ1) is 12.0. The molecule has 1 heterocycles. The Morgan fingerprint density at radius 2 is 2.14 bits per heavy atom. The molecule has 0 saturated carbocycles. The zero-order valence-corrected chi connectivity index (χ0v) is 9.74. The summed E-state index contributed by atoms with van der Waals surface area (Å²) in [4.78, 5) is 4.79. The molecular weight excluding hydrogens is 176 g/mol. The van der Waals surface area contributed by atoms with Gasteiger partial charge >= 0.3 is 0 Å². The Bertz CT molecular complexity index is 163. The van der Waals surface area contributed by atoms with Crippen molar-refractivity contribution in [1.82, 2.24) is 9.80 Å². The Kier molecular flexibility index (Phi) is 4.85. The van der Waals surface area contributed by atoms with Crippen LogP contribution in [0.3, 0.4) is 0 Å². The summed E-state index contributed by atoms with van der Waals surface area (Å²) >= 11 is 0. The lowest BCUT2D eigenvalue weighted by Crippen LogP contribution is -2.43. The van der Waals surface area contributed by atoms with E-state index in [9.17, 15) is 5.11 Å². The van der Waals surface area contributed by atoms with Gasteiger partial charge in [-0.3, -0.25) is 4.90 Å². The summed E-state index contributed by atoms with van der Waals surface area (Å²) in [5, 5.41) is 9.35. The average molecular weight is 200 g/mol. The van der Waals surface area contributed by atoms with E-state index >= 15 is 0 Å². The van der Waals surface area contributed by atoms with E-state index in [2.05, 4.69) is 30.7 Å². The average Bonchev–Trinajstić information content (AvgIpc) is 2.31. The van der Waals surface area contributed by atoms with Gasteiger partial charge in [-0.25, -0.2) is 0 Å². The standard InChI is InChI=1S/C11H24N2O/c1-4-6-13-7-5-10(2)12(3)8-11(13)9-14/h10-11,14H,4-9H2,1-3H3. The van der Waals surface area contributed by atoms with Crippen LogP contribution in [-0.4, -0.2) is 60.3 Å². The van der Waals surface area contributed by atoms with Crippen molar-refractivity contribution in [3.05, 3.63) is 0 Å². The lowest BCUT2D eigenvalue weighted by atomic mass is 10.2. The highest BCUT2D eigenvalue weighted by atomic mass is 16.3. The smallest absolute Gasteiger partial charge is 0.0599 e. The van der Waals surface area contributed by atoms with Crippen LogP contribution in [0, 0.1) is 0 Å². The second kappa shape index (κ2) is 5.69. The van der Waals surface area contributed by atoms with Crippen molar-refractivity contribution in [2.75, 3.05) is 33.3 Å². The Labute approximate surface area is 87.7 Å². The molecule has 0 radical (unpaired) electrons. The molecule has 0 spiro atoms. The highest BCUT2D eigenvalue weighted by Crippen LogP contribution is 2.13. The van der Waals surface area contributed by atoms with Crippen molar-refractivity contribution in [2.24, 2.45) is 0 Å². The van der Waals surface area contributed by atoms with Crippen molar-refractivity contribution >= 4 is 0 Å². The van der Waals surface area contributed by atoms with Gasteiger partial charge in [-0.2, -0.15) is 0 Å². The largest absolute Gasteiger partial charge is 0.395 e. The third-order valence-corrected chi connectivity index (χ3v) is 3.32. The molecule has 0 aliphatic carbocycles. The second-order valence-electron chi connectivity index (χ2n) is 4.45. The quantitative estimate of drug-likeness (QED) is 0.729. The zero-order chi connectivity index (χ0) is 10.6.